The number of benzene rings is 2. The Bertz CT molecular complexity index is 943. The van der Waals surface area contributed by atoms with Crippen molar-refractivity contribution in [1.82, 2.24) is 0 Å². The molecule has 1 aliphatic heterocycles. The maximum absolute atomic E-state index is 12.6. The van der Waals surface area contributed by atoms with Gasteiger partial charge in [-0.15, -0.1) is 6.42 Å². The summed E-state index contributed by atoms with van der Waals surface area (Å²) in [6.07, 6.45) is 8.17. The number of rotatable bonds is 5. The van der Waals surface area contributed by atoms with Crippen LogP contribution >= 0.6 is 0 Å². The van der Waals surface area contributed by atoms with Crippen LogP contribution in [-0.4, -0.2) is 32.1 Å². The molecule has 0 aliphatic carbocycles. The second kappa shape index (κ2) is 8.11. The van der Waals surface area contributed by atoms with Gasteiger partial charge in [-0.3, -0.25) is 9.59 Å². The van der Waals surface area contributed by atoms with Gasteiger partial charge in [0.1, 0.15) is 6.61 Å². The summed E-state index contributed by atoms with van der Waals surface area (Å²) >= 11 is 0. The Kier molecular flexibility index (Phi) is 5.43. The molecule has 0 fully saturated rings. The van der Waals surface area contributed by atoms with E-state index in [2.05, 4.69) is 11.2 Å². The summed E-state index contributed by atoms with van der Waals surface area (Å²) in [7, 11) is 1.52. The Morgan fingerprint density at radius 1 is 1.30 bits per heavy atom. The molecule has 1 aliphatic rings. The SMILES string of the molecule is C#CCOc1ccc(/C=C/C(=O)N2C(=O)CNc3ccccc32)cc1OC. The number of nitrogens with zero attached hydrogens (tertiary/aromatic N) is 1. The monoisotopic (exact) mass is 362 g/mol. The van der Waals surface area contributed by atoms with Crippen LogP contribution in [0.2, 0.25) is 0 Å². The molecule has 0 spiro atoms. The van der Waals surface area contributed by atoms with Gasteiger partial charge in [0, 0.05) is 6.08 Å². The first-order chi connectivity index (χ1) is 13.1. The number of hydrogen-bond donors (Lipinski definition) is 1. The lowest BCUT2D eigenvalue weighted by atomic mass is 10.1. The number of carbonyl (C=O) groups is 2. The number of fused-ring (bicyclic) bond motifs is 1. The van der Waals surface area contributed by atoms with Crippen molar-refractivity contribution in [3.63, 3.8) is 0 Å². The zero-order chi connectivity index (χ0) is 19.2. The molecular formula is C21H18N2O4. The van der Waals surface area contributed by atoms with Gasteiger partial charge < -0.3 is 14.8 Å². The molecule has 2 amide bonds. The van der Waals surface area contributed by atoms with Crippen LogP contribution in [-0.2, 0) is 9.59 Å². The fraction of sp³-hybridized carbons (Fsp3) is 0.143. The van der Waals surface area contributed by atoms with Gasteiger partial charge in [-0.2, -0.15) is 0 Å². The standard InChI is InChI=1S/C21H18N2O4/c1-3-12-27-18-10-8-15(13-19(18)26-2)9-11-20(24)23-17-7-5-4-6-16(17)22-14-21(23)25/h1,4-11,13,22H,12,14H2,2H3/b11-9+. The van der Waals surface area contributed by atoms with Crippen molar-refractivity contribution in [3.8, 4) is 23.8 Å². The smallest absolute Gasteiger partial charge is 0.257 e. The van der Waals surface area contributed by atoms with E-state index < -0.39 is 5.91 Å². The highest BCUT2D eigenvalue weighted by Gasteiger charge is 2.27. The van der Waals surface area contributed by atoms with Crippen LogP contribution in [0.25, 0.3) is 6.08 Å². The minimum absolute atomic E-state index is 0.0750. The molecular weight excluding hydrogens is 344 g/mol. The van der Waals surface area contributed by atoms with Crippen LogP contribution in [0.1, 0.15) is 5.56 Å². The van der Waals surface area contributed by atoms with E-state index >= 15 is 0 Å². The van der Waals surface area contributed by atoms with Crippen molar-refractivity contribution in [2.75, 3.05) is 30.5 Å². The third kappa shape index (κ3) is 3.93. The highest BCUT2D eigenvalue weighted by molar-refractivity contribution is 6.23. The molecule has 3 rings (SSSR count). The van der Waals surface area contributed by atoms with Crippen molar-refractivity contribution < 1.29 is 19.1 Å². The molecule has 2 aromatic carbocycles. The molecule has 0 bridgehead atoms. The van der Waals surface area contributed by atoms with Crippen LogP contribution in [0.3, 0.4) is 0 Å². The molecule has 2 aromatic rings. The van der Waals surface area contributed by atoms with Crippen molar-refractivity contribution in [2.24, 2.45) is 0 Å². The van der Waals surface area contributed by atoms with Crippen LogP contribution < -0.4 is 19.7 Å². The van der Waals surface area contributed by atoms with Gasteiger partial charge in [0.05, 0.1) is 25.0 Å². The fourth-order valence-corrected chi connectivity index (χ4v) is 2.71. The molecule has 0 aromatic heterocycles. The van der Waals surface area contributed by atoms with E-state index in [0.29, 0.717) is 17.2 Å². The second-order valence-electron chi connectivity index (χ2n) is 5.67. The lowest BCUT2D eigenvalue weighted by Crippen LogP contribution is -2.43. The van der Waals surface area contributed by atoms with Crippen molar-refractivity contribution in [1.29, 1.82) is 0 Å². The van der Waals surface area contributed by atoms with Crippen LogP contribution in [0, 0.1) is 12.3 Å². The maximum Gasteiger partial charge on any atom is 0.257 e. The van der Waals surface area contributed by atoms with Crippen molar-refractivity contribution in [3.05, 3.63) is 54.1 Å². The summed E-state index contributed by atoms with van der Waals surface area (Å²) in [6, 6.07) is 12.4. The topological polar surface area (TPSA) is 67.9 Å². The number of amides is 2. The number of nitrogens with one attached hydrogen (secondary N) is 1. The molecule has 1 N–H and O–H groups in total. The highest BCUT2D eigenvalue weighted by atomic mass is 16.5. The summed E-state index contributed by atoms with van der Waals surface area (Å²) in [6.45, 7) is 0.209. The first-order valence-corrected chi connectivity index (χ1v) is 8.26. The number of carbonyl (C=O) groups excluding carboxylic acids is 2. The van der Waals surface area contributed by atoms with E-state index in [1.807, 2.05) is 12.1 Å². The molecule has 6 heteroatoms. The quantitative estimate of drug-likeness (QED) is 0.654. The average Bonchev–Trinajstić information content (AvgIpc) is 2.70. The molecule has 0 unspecified atom stereocenters. The minimum Gasteiger partial charge on any atom is -0.493 e. The average molecular weight is 362 g/mol. The van der Waals surface area contributed by atoms with Gasteiger partial charge in [0.15, 0.2) is 11.5 Å². The van der Waals surface area contributed by atoms with Crippen LogP contribution in [0.4, 0.5) is 11.4 Å². The van der Waals surface area contributed by atoms with Gasteiger partial charge in [0.2, 0.25) is 0 Å². The fourth-order valence-electron chi connectivity index (χ4n) is 2.71. The van der Waals surface area contributed by atoms with Gasteiger partial charge in [0.25, 0.3) is 11.8 Å². The van der Waals surface area contributed by atoms with Crippen LogP contribution in [0.5, 0.6) is 11.5 Å². The number of para-hydroxylation sites is 2. The van der Waals surface area contributed by atoms with Crippen molar-refractivity contribution in [2.45, 2.75) is 0 Å². The summed E-state index contributed by atoms with van der Waals surface area (Å²) in [5, 5.41) is 3.00. The normalized spacial score (nSPS) is 12.9. The predicted octanol–water partition coefficient (Wildman–Crippen LogP) is 2.71. The molecule has 6 nitrogen and oxygen atoms in total. The Labute approximate surface area is 157 Å². The zero-order valence-electron chi connectivity index (χ0n) is 14.8. The van der Waals surface area contributed by atoms with E-state index in [-0.39, 0.29) is 19.1 Å². The first kappa shape index (κ1) is 18.1. The molecule has 136 valence electrons. The summed E-state index contributed by atoms with van der Waals surface area (Å²) < 4.78 is 10.7. The van der Waals surface area contributed by atoms with Gasteiger partial charge >= 0.3 is 0 Å². The molecule has 0 atom stereocenters. The molecule has 0 radical (unpaired) electrons. The Balaban J connectivity index is 1.81. The molecule has 0 saturated carbocycles. The number of methoxy groups -OCH3 is 1. The second-order valence-corrected chi connectivity index (χ2v) is 5.67. The Hall–Kier alpha value is -3.72. The number of hydrogen-bond acceptors (Lipinski definition) is 5. The summed E-state index contributed by atoms with van der Waals surface area (Å²) in [5.41, 5.74) is 2.01. The van der Waals surface area contributed by atoms with E-state index in [4.69, 9.17) is 15.9 Å². The number of terminal acetylenes is 1. The highest BCUT2D eigenvalue weighted by Crippen LogP contribution is 2.30. The van der Waals surface area contributed by atoms with E-state index in [9.17, 15) is 9.59 Å². The molecule has 1 heterocycles. The molecule has 27 heavy (non-hydrogen) atoms. The number of imide groups is 1. The van der Waals surface area contributed by atoms with Gasteiger partial charge in [-0.1, -0.05) is 24.1 Å². The lowest BCUT2D eigenvalue weighted by molar-refractivity contribution is -0.123. The summed E-state index contributed by atoms with van der Waals surface area (Å²) in [5.74, 6) is 2.69. The van der Waals surface area contributed by atoms with Crippen molar-refractivity contribution >= 4 is 29.3 Å². The maximum atomic E-state index is 12.6. The van der Waals surface area contributed by atoms with E-state index in [1.165, 1.54) is 18.1 Å². The third-order valence-corrected chi connectivity index (χ3v) is 3.96. The van der Waals surface area contributed by atoms with E-state index in [1.54, 1.807) is 36.4 Å². The predicted molar refractivity (Wildman–Crippen MR) is 104 cm³/mol. The van der Waals surface area contributed by atoms with Gasteiger partial charge in [-0.25, -0.2) is 4.90 Å². The Morgan fingerprint density at radius 2 is 2.11 bits per heavy atom. The van der Waals surface area contributed by atoms with Crippen LogP contribution in [0.15, 0.2) is 48.5 Å². The summed E-state index contributed by atoms with van der Waals surface area (Å²) in [4.78, 5) is 26.0. The van der Waals surface area contributed by atoms with E-state index in [0.717, 1.165) is 11.3 Å². The lowest BCUT2D eigenvalue weighted by Gasteiger charge is -2.27. The van der Waals surface area contributed by atoms with Gasteiger partial charge in [-0.05, 0) is 35.9 Å². The number of anilines is 2. The first-order valence-electron chi connectivity index (χ1n) is 8.26. The third-order valence-electron chi connectivity index (χ3n) is 3.96. The minimum atomic E-state index is -0.416. The zero-order valence-corrected chi connectivity index (χ0v) is 14.8. The number of ether oxygens (including phenoxy) is 2. The Morgan fingerprint density at radius 3 is 2.89 bits per heavy atom. The molecule has 0 saturated heterocycles. The largest absolute Gasteiger partial charge is 0.493 e.